The van der Waals surface area contributed by atoms with E-state index in [0.717, 1.165) is 24.2 Å². The fourth-order valence-corrected chi connectivity index (χ4v) is 4.66. The highest BCUT2D eigenvalue weighted by Crippen LogP contribution is 2.44. The molecule has 4 aliphatic rings. The SMILES string of the molecule is CCCOCCO[C@@H]1C2OC3O[C@@H](C2OCc2ccccc2)C(OCc2ccccc2)[C@H]1O3. The summed E-state index contributed by atoms with van der Waals surface area (Å²) >= 11 is 0. The molecule has 7 atom stereocenters. The van der Waals surface area contributed by atoms with Gasteiger partial charge in [-0.25, -0.2) is 0 Å². The highest BCUT2D eigenvalue weighted by atomic mass is 16.9. The number of hydrogen-bond acceptors (Lipinski definition) is 7. The Balaban J connectivity index is 1.30. The van der Waals surface area contributed by atoms with Crippen molar-refractivity contribution in [2.45, 2.75) is 69.7 Å². The normalized spacial score (nSPS) is 32.3. The molecule has 3 heterocycles. The van der Waals surface area contributed by atoms with Crippen LogP contribution in [0.3, 0.4) is 0 Å². The molecule has 0 radical (unpaired) electrons. The highest BCUT2D eigenvalue weighted by molar-refractivity contribution is 5.15. The largest absolute Gasteiger partial charge is 0.379 e. The van der Waals surface area contributed by atoms with E-state index in [4.69, 9.17) is 33.2 Å². The molecule has 3 aliphatic heterocycles. The first-order valence-electron chi connectivity index (χ1n) is 11.8. The third kappa shape index (κ3) is 5.30. The Kier molecular flexibility index (Phi) is 7.68. The Morgan fingerprint density at radius 2 is 1.09 bits per heavy atom. The third-order valence-corrected chi connectivity index (χ3v) is 6.20. The van der Waals surface area contributed by atoms with E-state index in [9.17, 15) is 0 Å². The van der Waals surface area contributed by atoms with E-state index in [-0.39, 0.29) is 36.6 Å². The summed E-state index contributed by atoms with van der Waals surface area (Å²) in [5, 5.41) is 0. The van der Waals surface area contributed by atoms with Gasteiger partial charge in [-0.2, -0.15) is 0 Å². The zero-order chi connectivity index (χ0) is 22.5. The second-order valence-electron chi connectivity index (χ2n) is 8.56. The molecule has 0 amide bonds. The minimum atomic E-state index is -0.714. The molecule has 2 aromatic rings. The lowest BCUT2D eigenvalue weighted by atomic mass is 9.82. The molecule has 4 fully saturated rings. The molecule has 6 rings (SSSR count). The van der Waals surface area contributed by atoms with Crippen LogP contribution in [0.2, 0.25) is 0 Å². The summed E-state index contributed by atoms with van der Waals surface area (Å²) in [6, 6.07) is 20.2. The first-order valence-corrected chi connectivity index (χ1v) is 11.8. The van der Waals surface area contributed by atoms with Gasteiger partial charge in [0.05, 0.1) is 26.4 Å². The third-order valence-electron chi connectivity index (χ3n) is 6.20. The molecule has 1 aliphatic carbocycles. The average Bonchev–Trinajstić information content (AvgIpc) is 2.86. The standard InChI is InChI=1S/C26H32O7/c1-2-13-27-14-15-28-20-23-21(29-16-18-9-5-3-6-10-18)25-22(24(20)32-26(31-23)33-25)30-17-19-11-7-4-8-12-19/h3-12,20-26H,2,13-17H2,1H3/t20-,21?,22?,23-,24?,25+,26?/m0/s1. The minimum Gasteiger partial charge on any atom is -0.379 e. The molecule has 4 unspecified atom stereocenters. The van der Waals surface area contributed by atoms with Gasteiger partial charge in [-0.05, 0) is 17.5 Å². The molecule has 0 spiro atoms. The van der Waals surface area contributed by atoms with Gasteiger partial charge in [0, 0.05) is 6.61 Å². The van der Waals surface area contributed by atoms with Gasteiger partial charge in [0.1, 0.15) is 36.6 Å². The van der Waals surface area contributed by atoms with Crippen molar-refractivity contribution in [3.05, 3.63) is 71.8 Å². The van der Waals surface area contributed by atoms with Crippen LogP contribution in [0.5, 0.6) is 0 Å². The van der Waals surface area contributed by atoms with Crippen LogP contribution in [-0.2, 0) is 46.4 Å². The van der Waals surface area contributed by atoms with Gasteiger partial charge in [-0.1, -0.05) is 67.6 Å². The van der Waals surface area contributed by atoms with Crippen LogP contribution in [0.4, 0.5) is 0 Å². The van der Waals surface area contributed by atoms with Gasteiger partial charge in [0.25, 0.3) is 6.48 Å². The van der Waals surface area contributed by atoms with Gasteiger partial charge < -0.3 is 33.2 Å². The van der Waals surface area contributed by atoms with Crippen LogP contribution < -0.4 is 0 Å². The van der Waals surface area contributed by atoms with Crippen molar-refractivity contribution in [1.29, 1.82) is 0 Å². The zero-order valence-electron chi connectivity index (χ0n) is 18.9. The van der Waals surface area contributed by atoms with Crippen LogP contribution in [0.25, 0.3) is 0 Å². The van der Waals surface area contributed by atoms with Crippen LogP contribution in [0, 0.1) is 0 Å². The second kappa shape index (κ2) is 11.1. The fourth-order valence-electron chi connectivity index (χ4n) is 4.66. The van der Waals surface area contributed by atoms with E-state index in [1.807, 2.05) is 60.7 Å². The Labute approximate surface area is 194 Å². The molecule has 0 aromatic heterocycles. The Morgan fingerprint density at radius 1 is 0.606 bits per heavy atom. The van der Waals surface area contributed by atoms with E-state index in [1.54, 1.807) is 0 Å². The van der Waals surface area contributed by atoms with Crippen LogP contribution in [0.15, 0.2) is 60.7 Å². The molecule has 7 nitrogen and oxygen atoms in total. The smallest absolute Gasteiger partial charge is 0.272 e. The van der Waals surface area contributed by atoms with Crippen molar-refractivity contribution in [2.75, 3.05) is 19.8 Å². The monoisotopic (exact) mass is 456 g/mol. The molecule has 0 N–H and O–H groups in total. The van der Waals surface area contributed by atoms with E-state index in [2.05, 4.69) is 6.92 Å². The topological polar surface area (TPSA) is 64.6 Å². The number of ether oxygens (including phenoxy) is 7. The van der Waals surface area contributed by atoms with Crippen molar-refractivity contribution in [2.24, 2.45) is 0 Å². The number of benzene rings is 2. The summed E-state index contributed by atoms with van der Waals surface area (Å²) in [5.74, 6) is 0. The van der Waals surface area contributed by atoms with Crippen molar-refractivity contribution in [3.8, 4) is 0 Å². The van der Waals surface area contributed by atoms with Gasteiger partial charge in [0.2, 0.25) is 0 Å². The van der Waals surface area contributed by atoms with Gasteiger partial charge in [-0.15, -0.1) is 0 Å². The fraction of sp³-hybridized carbons (Fsp3) is 0.538. The second-order valence-corrected chi connectivity index (χ2v) is 8.56. The maximum atomic E-state index is 6.37. The van der Waals surface area contributed by atoms with Crippen LogP contribution in [-0.4, -0.2) is 62.9 Å². The van der Waals surface area contributed by atoms with E-state index in [1.165, 1.54) is 0 Å². The molecule has 4 bridgehead atoms. The van der Waals surface area contributed by atoms with E-state index < -0.39 is 6.48 Å². The predicted molar refractivity (Wildman–Crippen MR) is 119 cm³/mol. The molecule has 178 valence electrons. The summed E-state index contributed by atoms with van der Waals surface area (Å²) in [5.41, 5.74) is 2.18. The number of rotatable bonds is 12. The summed E-state index contributed by atoms with van der Waals surface area (Å²) in [4.78, 5) is 0. The first kappa shape index (κ1) is 22.9. The quantitative estimate of drug-likeness (QED) is 0.453. The molecule has 1 saturated carbocycles. The lowest BCUT2D eigenvalue weighted by Crippen LogP contribution is -2.76. The first-order chi connectivity index (χ1) is 16.3. The number of hydrogen-bond donors (Lipinski definition) is 0. The highest BCUT2D eigenvalue weighted by Gasteiger charge is 2.63. The molecule has 7 heteroatoms. The summed E-state index contributed by atoms with van der Waals surface area (Å²) in [6.07, 6.45) is -0.887. The molecular formula is C26H32O7. The van der Waals surface area contributed by atoms with Crippen molar-refractivity contribution >= 4 is 0 Å². The molecule has 2 aromatic carbocycles. The average molecular weight is 457 g/mol. The lowest BCUT2D eigenvalue weighted by Gasteiger charge is -2.58. The van der Waals surface area contributed by atoms with Crippen LogP contribution >= 0.6 is 0 Å². The summed E-state index contributed by atoms with van der Waals surface area (Å²) in [6.45, 7) is 3.99. The Bertz CT molecular complexity index is 787. The summed E-state index contributed by atoms with van der Waals surface area (Å²) < 4.78 is 42.7. The minimum absolute atomic E-state index is 0.293. The maximum absolute atomic E-state index is 6.37. The van der Waals surface area contributed by atoms with Gasteiger partial charge in [-0.3, -0.25) is 0 Å². The molecule has 33 heavy (non-hydrogen) atoms. The van der Waals surface area contributed by atoms with Crippen molar-refractivity contribution in [1.82, 2.24) is 0 Å². The van der Waals surface area contributed by atoms with Gasteiger partial charge >= 0.3 is 0 Å². The van der Waals surface area contributed by atoms with E-state index >= 15 is 0 Å². The lowest BCUT2D eigenvalue weighted by molar-refractivity contribution is -0.489. The summed E-state index contributed by atoms with van der Waals surface area (Å²) in [7, 11) is 0. The molecule has 3 saturated heterocycles. The molecular weight excluding hydrogens is 424 g/mol. The van der Waals surface area contributed by atoms with Crippen molar-refractivity contribution in [3.63, 3.8) is 0 Å². The predicted octanol–water partition coefficient (Wildman–Crippen LogP) is 3.45. The van der Waals surface area contributed by atoms with Crippen LogP contribution in [0.1, 0.15) is 24.5 Å². The van der Waals surface area contributed by atoms with Crippen molar-refractivity contribution < 1.29 is 33.2 Å². The Morgan fingerprint density at radius 3 is 1.58 bits per heavy atom. The van der Waals surface area contributed by atoms with E-state index in [0.29, 0.717) is 26.4 Å². The Hall–Kier alpha value is -1.84. The maximum Gasteiger partial charge on any atom is 0.272 e. The zero-order valence-corrected chi connectivity index (χ0v) is 18.9. The van der Waals surface area contributed by atoms with Gasteiger partial charge in [0.15, 0.2) is 0 Å².